The second kappa shape index (κ2) is 6.09. The predicted molar refractivity (Wildman–Crippen MR) is 100 cm³/mol. The number of halogens is 1. The second-order valence-corrected chi connectivity index (χ2v) is 7.56. The molecule has 1 aromatic carbocycles. The van der Waals surface area contributed by atoms with Crippen molar-refractivity contribution in [2.24, 2.45) is 0 Å². The highest BCUT2D eigenvalue weighted by Gasteiger charge is 2.33. The van der Waals surface area contributed by atoms with E-state index in [4.69, 9.17) is 16.3 Å². The Morgan fingerprint density at radius 1 is 1.20 bits per heavy atom. The van der Waals surface area contributed by atoms with Crippen LogP contribution < -0.4 is 10.2 Å². The Bertz CT molecular complexity index is 920. The molecule has 2 bridgehead atoms. The summed E-state index contributed by atoms with van der Waals surface area (Å²) in [4.78, 5) is 16.0. The van der Waals surface area contributed by atoms with E-state index >= 15 is 0 Å². The van der Waals surface area contributed by atoms with Crippen molar-refractivity contribution in [3.8, 4) is 0 Å². The van der Waals surface area contributed by atoms with Crippen LogP contribution in [-0.4, -0.2) is 40.2 Å². The summed E-state index contributed by atoms with van der Waals surface area (Å²) in [5.41, 5.74) is 4.64. The highest BCUT2D eigenvalue weighted by Crippen LogP contribution is 2.32. The predicted octanol–water partition coefficient (Wildman–Crippen LogP) is 3.85. The lowest BCUT2D eigenvalue weighted by molar-refractivity contribution is 0.0305. The monoisotopic (exact) mass is 373 g/mol. The first-order valence-corrected chi connectivity index (χ1v) is 9.54. The van der Waals surface area contributed by atoms with Crippen LogP contribution in [0.2, 0.25) is 5.28 Å². The number of nitrogens with zero attached hydrogens (tertiary/aromatic N) is 4. The molecule has 2 fully saturated rings. The van der Waals surface area contributed by atoms with Gasteiger partial charge in [-0.2, -0.15) is 4.98 Å². The lowest BCUT2D eigenvalue weighted by Crippen LogP contribution is -2.42. The maximum absolute atomic E-state index is 6.03. The number of anilines is 3. The molecule has 1 N–H and O–H groups in total. The van der Waals surface area contributed by atoms with E-state index < -0.39 is 0 Å². The fourth-order valence-corrected chi connectivity index (χ4v) is 4.44. The van der Waals surface area contributed by atoms with E-state index in [0.717, 1.165) is 29.1 Å². The van der Waals surface area contributed by atoms with Crippen molar-refractivity contribution in [1.29, 1.82) is 0 Å². The Morgan fingerprint density at radius 3 is 2.88 bits per heavy atom. The average Bonchev–Trinajstić information content (AvgIpc) is 3.21. The second-order valence-electron chi connectivity index (χ2n) is 6.39. The number of morpholine rings is 1. The molecule has 0 amide bonds. The van der Waals surface area contributed by atoms with Crippen molar-refractivity contribution in [2.75, 3.05) is 23.3 Å². The molecule has 4 heterocycles. The highest BCUT2D eigenvalue weighted by molar-refractivity contribution is 7.16. The van der Waals surface area contributed by atoms with Gasteiger partial charge in [0.2, 0.25) is 5.28 Å². The number of aromatic nitrogens is 3. The fraction of sp³-hybridized carbons (Fsp3) is 0.353. The molecular formula is C17H16ClN5OS. The molecule has 3 aromatic rings. The largest absolute Gasteiger partial charge is 0.371 e. The number of thiazole rings is 1. The summed E-state index contributed by atoms with van der Waals surface area (Å²) >= 11 is 7.48. The molecular weight excluding hydrogens is 358 g/mol. The number of ether oxygens (including phenoxy) is 1. The number of hydrogen-bond acceptors (Lipinski definition) is 7. The van der Waals surface area contributed by atoms with Crippen molar-refractivity contribution >= 4 is 50.5 Å². The molecule has 0 aliphatic carbocycles. The lowest BCUT2D eigenvalue weighted by Gasteiger charge is -2.34. The van der Waals surface area contributed by atoms with Gasteiger partial charge >= 0.3 is 0 Å². The summed E-state index contributed by atoms with van der Waals surface area (Å²) in [6.07, 6.45) is 3.07. The van der Waals surface area contributed by atoms with Gasteiger partial charge in [-0.05, 0) is 42.6 Å². The first-order valence-electron chi connectivity index (χ1n) is 8.29. The number of hydrogen-bond donors (Lipinski definition) is 1. The van der Waals surface area contributed by atoms with Gasteiger partial charge in [-0.3, -0.25) is 0 Å². The van der Waals surface area contributed by atoms with Crippen LogP contribution in [0.4, 0.5) is 17.2 Å². The summed E-state index contributed by atoms with van der Waals surface area (Å²) in [6.45, 7) is 1.91. The van der Waals surface area contributed by atoms with Crippen LogP contribution in [0.1, 0.15) is 12.8 Å². The Balaban J connectivity index is 1.44. The van der Waals surface area contributed by atoms with E-state index in [1.165, 1.54) is 29.9 Å². The third-order valence-corrected chi connectivity index (χ3v) is 5.58. The minimum absolute atomic E-state index is 0.222. The molecule has 2 aromatic heterocycles. The van der Waals surface area contributed by atoms with E-state index in [2.05, 4.69) is 43.4 Å². The summed E-state index contributed by atoms with van der Waals surface area (Å²) in [5, 5.41) is 3.56. The van der Waals surface area contributed by atoms with Gasteiger partial charge in [-0.15, -0.1) is 11.3 Å². The van der Waals surface area contributed by atoms with E-state index in [-0.39, 0.29) is 5.28 Å². The van der Waals surface area contributed by atoms with Crippen LogP contribution in [0.15, 0.2) is 29.8 Å². The van der Waals surface area contributed by atoms with Crippen molar-refractivity contribution in [3.05, 3.63) is 35.1 Å². The topological polar surface area (TPSA) is 63.2 Å². The minimum atomic E-state index is 0.222. The normalized spacial score (nSPS) is 22.5. The maximum atomic E-state index is 6.03. The number of benzene rings is 1. The van der Waals surface area contributed by atoms with Crippen molar-refractivity contribution < 1.29 is 4.74 Å². The first-order chi connectivity index (χ1) is 12.2. The SMILES string of the molecule is Clc1nc(Nc2cccc(N3C[C@H]4CC[C@@H](C3)O4)c2)c2ncsc2n1. The Labute approximate surface area is 153 Å². The van der Waals surface area contributed by atoms with E-state index in [1.54, 1.807) is 5.51 Å². The van der Waals surface area contributed by atoms with Gasteiger partial charge in [0.25, 0.3) is 0 Å². The smallest absolute Gasteiger partial charge is 0.225 e. The molecule has 25 heavy (non-hydrogen) atoms. The Morgan fingerprint density at radius 2 is 2.04 bits per heavy atom. The molecule has 6 nitrogen and oxygen atoms in total. The fourth-order valence-electron chi connectivity index (χ4n) is 3.57. The zero-order valence-corrected chi connectivity index (χ0v) is 14.9. The first kappa shape index (κ1) is 15.3. The standard InChI is InChI=1S/C17H16ClN5OS/c18-17-21-15(14-16(22-17)25-9-19-14)20-10-2-1-3-11(6-10)23-7-12-4-5-13(8-23)24-12/h1-3,6,9,12-13H,4-5,7-8H2,(H,20,21,22)/t12-,13+. The molecule has 2 aliphatic heterocycles. The minimum Gasteiger partial charge on any atom is -0.371 e. The zero-order valence-electron chi connectivity index (χ0n) is 13.4. The highest BCUT2D eigenvalue weighted by atomic mass is 35.5. The zero-order chi connectivity index (χ0) is 16.8. The van der Waals surface area contributed by atoms with Crippen LogP contribution in [-0.2, 0) is 4.74 Å². The van der Waals surface area contributed by atoms with E-state index in [1.807, 2.05) is 6.07 Å². The number of nitrogens with one attached hydrogen (secondary N) is 1. The summed E-state index contributed by atoms with van der Waals surface area (Å²) in [5.74, 6) is 0.635. The molecule has 128 valence electrons. The number of rotatable bonds is 3. The van der Waals surface area contributed by atoms with Gasteiger partial charge in [0.1, 0.15) is 5.52 Å². The molecule has 0 unspecified atom stereocenters. The van der Waals surface area contributed by atoms with Crippen molar-refractivity contribution in [2.45, 2.75) is 25.0 Å². The molecule has 8 heteroatoms. The van der Waals surface area contributed by atoms with Crippen LogP contribution >= 0.6 is 22.9 Å². The van der Waals surface area contributed by atoms with E-state index in [9.17, 15) is 0 Å². The van der Waals surface area contributed by atoms with E-state index in [0.29, 0.717) is 18.0 Å². The van der Waals surface area contributed by atoms with Gasteiger partial charge in [0, 0.05) is 24.5 Å². The molecule has 5 rings (SSSR count). The van der Waals surface area contributed by atoms with Crippen molar-refractivity contribution in [3.63, 3.8) is 0 Å². The summed E-state index contributed by atoms with van der Waals surface area (Å²) < 4.78 is 5.93. The van der Waals surface area contributed by atoms with Crippen LogP contribution in [0.25, 0.3) is 10.3 Å². The van der Waals surface area contributed by atoms with Gasteiger partial charge < -0.3 is 15.0 Å². The molecule has 0 saturated carbocycles. The van der Waals surface area contributed by atoms with Gasteiger partial charge in [0.05, 0.1) is 17.7 Å². The van der Waals surface area contributed by atoms with Gasteiger partial charge in [-0.1, -0.05) is 6.07 Å². The molecule has 2 aliphatic rings. The average molecular weight is 374 g/mol. The van der Waals surface area contributed by atoms with Crippen LogP contribution in [0.5, 0.6) is 0 Å². The third kappa shape index (κ3) is 2.92. The molecule has 2 saturated heterocycles. The quantitative estimate of drug-likeness (QED) is 0.703. The molecule has 2 atom stereocenters. The Hall–Kier alpha value is -1.96. The van der Waals surface area contributed by atoms with Gasteiger partial charge in [0.15, 0.2) is 10.6 Å². The summed E-state index contributed by atoms with van der Waals surface area (Å²) in [6, 6.07) is 8.35. The van der Waals surface area contributed by atoms with Crippen molar-refractivity contribution in [1.82, 2.24) is 15.0 Å². The van der Waals surface area contributed by atoms with Gasteiger partial charge in [-0.25, -0.2) is 9.97 Å². The maximum Gasteiger partial charge on any atom is 0.225 e. The van der Waals surface area contributed by atoms with Crippen LogP contribution in [0.3, 0.4) is 0 Å². The third-order valence-electron chi connectivity index (χ3n) is 4.69. The summed E-state index contributed by atoms with van der Waals surface area (Å²) in [7, 11) is 0. The number of fused-ring (bicyclic) bond motifs is 3. The van der Waals surface area contributed by atoms with Crippen LogP contribution in [0, 0.1) is 0 Å². The Kier molecular flexibility index (Phi) is 3.73. The lowest BCUT2D eigenvalue weighted by atomic mass is 10.2. The molecule has 0 radical (unpaired) electrons. The molecule has 0 spiro atoms.